The monoisotopic (exact) mass is 294 g/mol. The Morgan fingerprint density at radius 3 is 2.75 bits per heavy atom. The molecule has 20 heavy (non-hydrogen) atoms. The summed E-state index contributed by atoms with van der Waals surface area (Å²) in [5.74, 6) is 0.198. The van der Waals surface area contributed by atoms with E-state index in [0.717, 1.165) is 0 Å². The highest BCUT2D eigenvalue weighted by molar-refractivity contribution is 6.30. The average Bonchev–Trinajstić information content (AvgIpc) is 2.47. The number of hydrogen-bond donors (Lipinski definition) is 1. The molecule has 0 saturated heterocycles. The zero-order chi connectivity index (χ0) is 14.5. The standard InChI is InChI=1S/C16H16ClFO2/c1-2-15(19)13-5-3-4-6-16(13)20-10-11-9-12(17)7-8-14(11)18/h3-9,15,19H,2,10H2,1H3/t15-/m1/s1. The minimum absolute atomic E-state index is 0.0693. The van der Waals surface area contributed by atoms with E-state index in [-0.39, 0.29) is 12.4 Å². The number of aliphatic hydroxyl groups excluding tert-OH is 1. The number of ether oxygens (including phenoxy) is 1. The lowest BCUT2D eigenvalue weighted by molar-refractivity contribution is 0.166. The molecule has 0 bridgehead atoms. The molecular weight excluding hydrogens is 279 g/mol. The summed E-state index contributed by atoms with van der Waals surface area (Å²) in [5, 5.41) is 10.4. The van der Waals surface area contributed by atoms with Crippen LogP contribution in [-0.2, 0) is 6.61 Å². The zero-order valence-corrected chi connectivity index (χ0v) is 11.9. The number of para-hydroxylation sites is 1. The van der Waals surface area contributed by atoms with Crippen LogP contribution in [0.3, 0.4) is 0 Å². The molecule has 0 radical (unpaired) electrons. The van der Waals surface area contributed by atoms with Crippen molar-refractivity contribution in [2.45, 2.75) is 26.1 Å². The number of aliphatic hydroxyl groups is 1. The van der Waals surface area contributed by atoms with Crippen LogP contribution in [0, 0.1) is 5.82 Å². The number of rotatable bonds is 5. The summed E-state index contributed by atoms with van der Waals surface area (Å²) in [6.45, 7) is 1.96. The van der Waals surface area contributed by atoms with Crippen molar-refractivity contribution in [2.75, 3.05) is 0 Å². The number of hydrogen-bond acceptors (Lipinski definition) is 2. The van der Waals surface area contributed by atoms with Crippen LogP contribution in [0.4, 0.5) is 4.39 Å². The van der Waals surface area contributed by atoms with Crippen LogP contribution >= 0.6 is 11.6 Å². The van der Waals surface area contributed by atoms with Gasteiger partial charge in [-0.1, -0.05) is 36.7 Å². The fourth-order valence-electron chi connectivity index (χ4n) is 1.92. The van der Waals surface area contributed by atoms with Crippen molar-refractivity contribution in [3.05, 3.63) is 64.4 Å². The van der Waals surface area contributed by atoms with Gasteiger partial charge in [-0.2, -0.15) is 0 Å². The van der Waals surface area contributed by atoms with Crippen molar-refractivity contribution in [3.63, 3.8) is 0 Å². The summed E-state index contributed by atoms with van der Waals surface area (Å²) < 4.78 is 19.2. The summed E-state index contributed by atoms with van der Waals surface area (Å²) in [5.41, 5.74) is 1.09. The zero-order valence-electron chi connectivity index (χ0n) is 11.1. The third-order valence-corrected chi connectivity index (χ3v) is 3.29. The Morgan fingerprint density at radius 1 is 1.25 bits per heavy atom. The fraction of sp³-hybridized carbons (Fsp3) is 0.250. The molecular formula is C16H16ClFO2. The molecule has 0 aliphatic heterocycles. The molecule has 0 aliphatic carbocycles. The van der Waals surface area contributed by atoms with Crippen LogP contribution in [0.15, 0.2) is 42.5 Å². The van der Waals surface area contributed by atoms with Crippen LogP contribution in [0.5, 0.6) is 5.75 Å². The van der Waals surface area contributed by atoms with Crippen molar-refractivity contribution < 1.29 is 14.2 Å². The lowest BCUT2D eigenvalue weighted by Gasteiger charge is -2.15. The number of benzene rings is 2. The van der Waals surface area contributed by atoms with E-state index in [0.29, 0.717) is 28.3 Å². The Hall–Kier alpha value is -1.58. The van der Waals surface area contributed by atoms with E-state index in [4.69, 9.17) is 16.3 Å². The normalized spacial score (nSPS) is 12.2. The van der Waals surface area contributed by atoms with E-state index in [1.165, 1.54) is 18.2 Å². The maximum Gasteiger partial charge on any atom is 0.129 e. The van der Waals surface area contributed by atoms with Gasteiger partial charge < -0.3 is 9.84 Å². The molecule has 106 valence electrons. The van der Waals surface area contributed by atoms with E-state index in [1.54, 1.807) is 12.1 Å². The van der Waals surface area contributed by atoms with Gasteiger partial charge in [0.2, 0.25) is 0 Å². The SMILES string of the molecule is CC[C@@H](O)c1ccccc1OCc1cc(Cl)ccc1F. The van der Waals surface area contributed by atoms with E-state index in [9.17, 15) is 9.50 Å². The third-order valence-electron chi connectivity index (χ3n) is 3.06. The Morgan fingerprint density at radius 2 is 2.00 bits per heavy atom. The molecule has 1 N–H and O–H groups in total. The van der Waals surface area contributed by atoms with Crippen molar-refractivity contribution >= 4 is 11.6 Å². The van der Waals surface area contributed by atoms with E-state index in [1.807, 2.05) is 19.1 Å². The first-order valence-electron chi connectivity index (χ1n) is 6.45. The first kappa shape index (κ1) is 14.8. The Bertz CT molecular complexity index is 586. The lowest BCUT2D eigenvalue weighted by Crippen LogP contribution is -2.03. The van der Waals surface area contributed by atoms with Gasteiger partial charge in [0.05, 0.1) is 6.10 Å². The molecule has 0 unspecified atom stereocenters. The minimum Gasteiger partial charge on any atom is -0.488 e. The average molecular weight is 295 g/mol. The Balaban J connectivity index is 2.17. The van der Waals surface area contributed by atoms with Gasteiger partial charge in [-0.05, 0) is 30.7 Å². The molecule has 0 heterocycles. The van der Waals surface area contributed by atoms with Gasteiger partial charge >= 0.3 is 0 Å². The van der Waals surface area contributed by atoms with Gasteiger partial charge in [0.1, 0.15) is 18.2 Å². The van der Waals surface area contributed by atoms with Gasteiger partial charge in [0.25, 0.3) is 0 Å². The molecule has 0 aliphatic rings. The summed E-state index contributed by atoms with van der Waals surface area (Å²) in [6.07, 6.45) is 0.00160. The van der Waals surface area contributed by atoms with Gasteiger partial charge in [-0.25, -0.2) is 4.39 Å². The second kappa shape index (κ2) is 6.73. The Kier molecular flexibility index (Phi) is 4.99. The van der Waals surface area contributed by atoms with Gasteiger partial charge in [0.15, 0.2) is 0 Å². The minimum atomic E-state index is -0.588. The maximum absolute atomic E-state index is 13.6. The largest absolute Gasteiger partial charge is 0.488 e. The Labute approximate surface area is 122 Å². The highest BCUT2D eigenvalue weighted by Crippen LogP contribution is 2.28. The number of halogens is 2. The van der Waals surface area contributed by atoms with E-state index < -0.39 is 6.10 Å². The predicted octanol–water partition coefficient (Wildman–Crippen LogP) is 4.50. The lowest BCUT2D eigenvalue weighted by atomic mass is 10.1. The second-order valence-corrected chi connectivity index (χ2v) is 4.92. The summed E-state index contributed by atoms with van der Waals surface area (Å²) in [6, 6.07) is 11.6. The van der Waals surface area contributed by atoms with Crippen molar-refractivity contribution in [2.24, 2.45) is 0 Å². The summed E-state index contributed by atoms with van der Waals surface area (Å²) in [7, 11) is 0. The smallest absolute Gasteiger partial charge is 0.129 e. The molecule has 2 aromatic carbocycles. The van der Waals surface area contributed by atoms with E-state index in [2.05, 4.69) is 0 Å². The highest BCUT2D eigenvalue weighted by Gasteiger charge is 2.12. The van der Waals surface area contributed by atoms with Gasteiger partial charge in [0, 0.05) is 16.1 Å². The molecule has 0 fully saturated rings. The van der Waals surface area contributed by atoms with Crippen molar-refractivity contribution in [1.29, 1.82) is 0 Å². The van der Waals surface area contributed by atoms with Crippen molar-refractivity contribution in [3.8, 4) is 5.75 Å². The first-order valence-corrected chi connectivity index (χ1v) is 6.83. The van der Waals surface area contributed by atoms with Crippen LogP contribution in [0.2, 0.25) is 5.02 Å². The van der Waals surface area contributed by atoms with Gasteiger partial charge in [-0.3, -0.25) is 0 Å². The molecule has 2 nitrogen and oxygen atoms in total. The third kappa shape index (κ3) is 3.50. The quantitative estimate of drug-likeness (QED) is 0.879. The summed E-state index contributed by atoms with van der Waals surface area (Å²) in [4.78, 5) is 0. The maximum atomic E-state index is 13.6. The van der Waals surface area contributed by atoms with Gasteiger partial charge in [-0.15, -0.1) is 0 Å². The van der Waals surface area contributed by atoms with Crippen molar-refractivity contribution in [1.82, 2.24) is 0 Å². The molecule has 4 heteroatoms. The predicted molar refractivity (Wildman–Crippen MR) is 77.4 cm³/mol. The molecule has 0 saturated carbocycles. The van der Waals surface area contributed by atoms with Crippen LogP contribution in [0.1, 0.15) is 30.6 Å². The summed E-state index contributed by atoms with van der Waals surface area (Å²) >= 11 is 5.84. The van der Waals surface area contributed by atoms with E-state index >= 15 is 0 Å². The molecule has 0 spiro atoms. The second-order valence-electron chi connectivity index (χ2n) is 4.49. The highest BCUT2D eigenvalue weighted by atomic mass is 35.5. The molecule has 0 amide bonds. The molecule has 1 atom stereocenters. The van der Waals surface area contributed by atoms with Crippen LogP contribution in [-0.4, -0.2) is 5.11 Å². The topological polar surface area (TPSA) is 29.5 Å². The van der Waals surface area contributed by atoms with Crippen LogP contribution in [0.25, 0.3) is 0 Å². The molecule has 0 aromatic heterocycles. The van der Waals surface area contributed by atoms with Crippen LogP contribution < -0.4 is 4.74 Å². The molecule has 2 aromatic rings. The fourth-order valence-corrected chi connectivity index (χ4v) is 2.11. The first-order chi connectivity index (χ1) is 9.61. The molecule has 2 rings (SSSR count).